The number of nitrogens with zero attached hydrogens (tertiary/aromatic N) is 6. The summed E-state index contributed by atoms with van der Waals surface area (Å²) in [4.78, 5) is 20.2. The molecule has 1 aromatic heterocycles. The highest BCUT2D eigenvalue weighted by Gasteiger charge is 2.21. The van der Waals surface area contributed by atoms with E-state index in [-0.39, 0.29) is 0 Å². The fraction of sp³-hybridized carbons (Fsp3) is 0.500. The second-order valence-corrected chi connectivity index (χ2v) is 7.58. The van der Waals surface area contributed by atoms with Crippen molar-refractivity contribution in [2.24, 2.45) is 4.99 Å². The van der Waals surface area contributed by atoms with Crippen LogP contribution in [-0.4, -0.2) is 85.3 Å². The molecule has 0 radical (unpaired) electrons. The molecule has 0 aliphatic carbocycles. The number of benzene rings is 1. The zero-order chi connectivity index (χ0) is 20.6. The monoisotopic (exact) mass is 409 g/mol. The van der Waals surface area contributed by atoms with Gasteiger partial charge in [0.2, 0.25) is 5.95 Å². The highest BCUT2D eigenvalue weighted by Crippen LogP contribution is 2.14. The number of ether oxygens (including phenoxy) is 1. The van der Waals surface area contributed by atoms with Gasteiger partial charge in [-0.2, -0.15) is 0 Å². The lowest BCUT2D eigenvalue weighted by molar-refractivity contribution is 0.0341. The predicted octanol–water partition coefficient (Wildman–Crippen LogP) is 1.21. The zero-order valence-corrected chi connectivity index (χ0v) is 17.7. The van der Waals surface area contributed by atoms with Crippen molar-refractivity contribution in [1.29, 1.82) is 0 Å². The number of aliphatic imine (C=N–C) groups is 1. The molecule has 0 spiro atoms. The van der Waals surface area contributed by atoms with E-state index >= 15 is 0 Å². The lowest BCUT2D eigenvalue weighted by Crippen LogP contribution is -2.52. The number of hydrogen-bond acceptors (Lipinski definition) is 6. The van der Waals surface area contributed by atoms with Gasteiger partial charge in [-0.05, 0) is 17.2 Å². The van der Waals surface area contributed by atoms with E-state index in [1.54, 1.807) is 12.4 Å². The molecule has 1 aromatic carbocycles. The lowest BCUT2D eigenvalue weighted by atomic mass is 10.1. The fourth-order valence-electron chi connectivity index (χ4n) is 3.96. The Balaban J connectivity index is 1.32. The first kappa shape index (κ1) is 20.6. The number of morpholine rings is 1. The highest BCUT2D eigenvalue weighted by atomic mass is 16.5. The van der Waals surface area contributed by atoms with Crippen LogP contribution in [0.3, 0.4) is 0 Å². The summed E-state index contributed by atoms with van der Waals surface area (Å²) < 4.78 is 5.48. The minimum atomic E-state index is 0.773. The first-order valence-electron chi connectivity index (χ1n) is 10.7. The average Bonchev–Trinajstić information content (AvgIpc) is 2.82. The summed E-state index contributed by atoms with van der Waals surface area (Å²) >= 11 is 0. The maximum Gasteiger partial charge on any atom is 0.225 e. The number of anilines is 1. The maximum absolute atomic E-state index is 5.48. The summed E-state index contributed by atoms with van der Waals surface area (Å²) in [7, 11) is 1.86. The smallest absolute Gasteiger partial charge is 0.225 e. The van der Waals surface area contributed by atoms with Gasteiger partial charge in [0.25, 0.3) is 0 Å². The molecule has 0 saturated carbocycles. The molecule has 3 heterocycles. The number of hydrogen-bond donors (Lipinski definition) is 1. The Kier molecular flexibility index (Phi) is 7.10. The molecule has 160 valence electrons. The second kappa shape index (κ2) is 10.4. The Hall–Kier alpha value is -2.71. The Morgan fingerprint density at radius 3 is 2.37 bits per heavy atom. The largest absolute Gasteiger partial charge is 0.379 e. The summed E-state index contributed by atoms with van der Waals surface area (Å²) in [6.07, 6.45) is 3.59. The van der Waals surface area contributed by atoms with E-state index in [2.05, 4.69) is 59.2 Å². The minimum absolute atomic E-state index is 0.773. The van der Waals surface area contributed by atoms with E-state index in [0.717, 1.165) is 77.5 Å². The summed E-state index contributed by atoms with van der Waals surface area (Å²) in [6, 6.07) is 10.5. The molecule has 1 N–H and O–H groups in total. The van der Waals surface area contributed by atoms with E-state index in [0.29, 0.717) is 0 Å². The van der Waals surface area contributed by atoms with Crippen LogP contribution in [0.2, 0.25) is 0 Å². The van der Waals surface area contributed by atoms with Crippen molar-refractivity contribution in [3.63, 3.8) is 0 Å². The molecular formula is C22H31N7O. The number of piperazine rings is 1. The molecule has 2 aromatic rings. The first-order valence-corrected chi connectivity index (χ1v) is 10.7. The van der Waals surface area contributed by atoms with Crippen molar-refractivity contribution < 1.29 is 4.74 Å². The average molecular weight is 410 g/mol. The van der Waals surface area contributed by atoms with Crippen molar-refractivity contribution in [3.8, 4) is 0 Å². The normalized spacial score (nSPS) is 18.5. The van der Waals surface area contributed by atoms with Crippen LogP contribution in [0.1, 0.15) is 11.1 Å². The standard InChI is InChI=1S/C22H31N7O/c1-23-21(28-9-11-29(12-10-28)22-24-7-4-8-25-22)26-17-19-5-2-3-6-20(19)18-27-13-15-30-16-14-27/h2-8H,9-18H2,1H3,(H,23,26). The van der Waals surface area contributed by atoms with Crippen LogP contribution in [0.25, 0.3) is 0 Å². The summed E-state index contributed by atoms with van der Waals surface area (Å²) in [5.74, 6) is 1.75. The van der Waals surface area contributed by atoms with Crippen LogP contribution in [0.4, 0.5) is 5.95 Å². The molecule has 0 unspecified atom stereocenters. The molecule has 30 heavy (non-hydrogen) atoms. The summed E-state index contributed by atoms with van der Waals surface area (Å²) in [6.45, 7) is 8.96. The molecule has 2 fully saturated rings. The molecule has 0 atom stereocenters. The van der Waals surface area contributed by atoms with E-state index in [1.165, 1.54) is 11.1 Å². The van der Waals surface area contributed by atoms with Crippen molar-refractivity contribution in [3.05, 3.63) is 53.9 Å². The Labute approximate surface area is 178 Å². The van der Waals surface area contributed by atoms with Gasteiger partial charge in [-0.1, -0.05) is 24.3 Å². The third-order valence-corrected chi connectivity index (χ3v) is 5.68. The van der Waals surface area contributed by atoms with Gasteiger partial charge in [-0.15, -0.1) is 0 Å². The van der Waals surface area contributed by atoms with Crippen LogP contribution in [0.15, 0.2) is 47.7 Å². The van der Waals surface area contributed by atoms with Gasteiger partial charge in [-0.3, -0.25) is 9.89 Å². The molecule has 2 saturated heterocycles. The number of aromatic nitrogens is 2. The molecule has 0 amide bonds. The van der Waals surface area contributed by atoms with E-state index in [9.17, 15) is 0 Å². The Bertz CT molecular complexity index is 815. The lowest BCUT2D eigenvalue weighted by Gasteiger charge is -2.36. The van der Waals surface area contributed by atoms with E-state index < -0.39 is 0 Å². The number of nitrogens with one attached hydrogen (secondary N) is 1. The van der Waals surface area contributed by atoms with Crippen LogP contribution < -0.4 is 10.2 Å². The third-order valence-electron chi connectivity index (χ3n) is 5.68. The number of guanidine groups is 1. The van der Waals surface area contributed by atoms with Crippen LogP contribution in [0, 0.1) is 0 Å². The number of rotatable bonds is 5. The van der Waals surface area contributed by atoms with Gasteiger partial charge in [0.05, 0.1) is 13.2 Å². The molecule has 2 aliphatic rings. The SMILES string of the molecule is CN=C(NCc1ccccc1CN1CCOCC1)N1CCN(c2ncccn2)CC1. The zero-order valence-electron chi connectivity index (χ0n) is 17.7. The minimum Gasteiger partial charge on any atom is -0.379 e. The topological polar surface area (TPSA) is 69.1 Å². The van der Waals surface area contributed by atoms with Gasteiger partial charge >= 0.3 is 0 Å². The van der Waals surface area contributed by atoms with Gasteiger partial charge in [-0.25, -0.2) is 9.97 Å². The van der Waals surface area contributed by atoms with Gasteiger partial charge in [0.1, 0.15) is 0 Å². The van der Waals surface area contributed by atoms with Gasteiger partial charge < -0.3 is 19.9 Å². The summed E-state index contributed by atoms with van der Waals surface area (Å²) in [5, 5.41) is 3.57. The molecule has 8 heteroatoms. The van der Waals surface area contributed by atoms with Gasteiger partial charge in [0, 0.05) is 71.8 Å². The van der Waals surface area contributed by atoms with Gasteiger partial charge in [0.15, 0.2) is 5.96 Å². The van der Waals surface area contributed by atoms with E-state index in [4.69, 9.17) is 4.74 Å². The van der Waals surface area contributed by atoms with E-state index in [1.807, 2.05) is 13.1 Å². The van der Waals surface area contributed by atoms with Crippen molar-refractivity contribution in [2.45, 2.75) is 13.1 Å². The van der Waals surface area contributed by atoms with Crippen LogP contribution in [0.5, 0.6) is 0 Å². The molecule has 4 rings (SSSR count). The Morgan fingerprint density at radius 1 is 0.967 bits per heavy atom. The molecule has 0 bridgehead atoms. The molecule has 8 nitrogen and oxygen atoms in total. The van der Waals surface area contributed by atoms with Crippen molar-refractivity contribution >= 4 is 11.9 Å². The van der Waals surface area contributed by atoms with Crippen molar-refractivity contribution in [1.82, 2.24) is 25.1 Å². The highest BCUT2D eigenvalue weighted by molar-refractivity contribution is 5.80. The quantitative estimate of drug-likeness (QED) is 0.588. The Morgan fingerprint density at radius 2 is 1.67 bits per heavy atom. The third kappa shape index (κ3) is 5.25. The van der Waals surface area contributed by atoms with Crippen molar-refractivity contribution in [2.75, 3.05) is 64.4 Å². The second-order valence-electron chi connectivity index (χ2n) is 7.58. The molecule has 2 aliphatic heterocycles. The summed E-state index contributed by atoms with van der Waals surface area (Å²) in [5.41, 5.74) is 2.69. The maximum atomic E-state index is 5.48. The molecular weight excluding hydrogens is 378 g/mol. The van der Waals surface area contributed by atoms with Crippen LogP contribution in [-0.2, 0) is 17.8 Å². The fourth-order valence-corrected chi connectivity index (χ4v) is 3.96. The predicted molar refractivity (Wildman–Crippen MR) is 119 cm³/mol. The van der Waals surface area contributed by atoms with Crippen LogP contribution >= 0.6 is 0 Å². The first-order chi connectivity index (χ1) is 14.8.